The van der Waals surface area contributed by atoms with Crippen LogP contribution in [-0.2, 0) is 0 Å². The number of hydrogen-bond donors (Lipinski definition) is 0. The summed E-state index contributed by atoms with van der Waals surface area (Å²) in [6.07, 6.45) is 0. The van der Waals surface area contributed by atoms with Gasteiger partial charge in [-0.2, -0.15) is 5.26 Å². The molecule has 3 aromatic carbocycles. The molecule has 1 aromatic heterocycles. The molecule has 98 valence electrons. The first kappa shape index (κ1) is 11.7. The van der Waals surface area contributed by atoms with Gasteiger partial charge in [-0.15, -0.1) is 0 Å². The molecule has 0 N–H and O–H groups in total. The number of para-hydroxylation sites is 1. The number of nitriles is 1. The third kappa shape index (κ3) is 1.72. The minimum Gasteiger partial charge on any atom is -0.456 e. The fourth-order valence-electron chi connectivity index (χ4n) is 2.79. The van der Waals surface area contributed by atoms with Crippen LogP contribution in [0, 0.1) is 11.3 Å². The molecule has 4 aromatic rings. The van der Waals surface area contributed by atoms with E-state index in [-0.39, 0.29) is 0 Å². The highest BCUT2D eigenvalue weighted by Gasteiger charge is 2.15. The lowest BCUT2D eigenvalue weighted by atomic mass is 9.96. The molecule has 0 aliphatic heterocycles. The summed E-state index contributed by atoms with van der Waals surface area (Å²) >= 11 is 0. The molecular weight excluding hydrogens is 258 g/mol. The average molecular weight is 269 g/mol. The van der Waals surface area contributed by atoms with Crippen LogP contribution in [0.3, 0.4) is 0 Å². The maximum atomic E-state index is 9.66. The molecule has 0 fully saturated rings. The molecule has 0 aliphatic rings. The van der Waals surface area contributed by atoms with Gasteiger partial charge in [-0.1, -0.05) is 48.5 Å². The zero-order valence-corrected chi connectivity index (χ0v) is 11.2. The molecule has 2 heteroatoms. The average Bonchev–Trinajstić information content (AvgIpc) is 2.93. The zero-order valence-electron chi connectivity index (χ0n) is 11.2. The van der Waals surface area contributed by atoms with Crippen LogP contribution in [0.15, 0.2) is 71.1 Å². The van der Waals surface area contributed by atoms with Gasteiger partial charge < -0.3 is 4.42 Å². The molecule has 1 heterocycles. The van der Waals surface area contributed by atoms with E-state index < -0.39 is 0 Å². The van der Waals surface area contributed by atoms with Crippen molar-refractivity contribution in [2.24, 2.45) is 0 Å². The van der Waals surface area contributed by atoms with E-state index in [1.165, 1.54) is 0 Å². The van der Waals surface area contributed by atoms with E-state index in [1.54, 1.807) is 0 Å². The van der Waals surface area contributed by atoms with Crippen LogP contribution in [0.4, 0.5) is 0 Å². The highest BCUT2D eigenvalue weighted by atomic mass is 16.3. The number of nitrogens with zero attached hydrogens (tertiary/aromatic N) is 1. The third-order valence-electron chi connectivity index (χ3n) is 3.74. The molecular formula is C19H11NO. The quantitative estimate of drug-likeness (QED) is 0.480. The second kappa shape index (κ2) is 4.50. The van der Waals surface area contributed by atoms with Gasteiger partial charge in [0.25, 0.3) is 0 Å². The molecule has 0 spiro atoms. The van der Waals surface area contributed by atoms with Crippen LogP contribution < -0.4 is 0 Å². The second-order valence-corrected chi connectivity index (χ2v) is 4.94. The van der Waals surface area contributed by atoms with E-state index in [0.717, 1.165) is 33.1 Å². The largest absolute Gasteiger partial charge is 0.456 e. The Morgan fingerprint density at radius 3 is 2.33 bits per heavy atom. The first-order valence-corrected chi connectivity index (χ1v) is 6.78. The smallest absolute Gasteiger partial charge is 0.136 e. The highest BCUT2D eigenvalue weighted by Crippen LogP contribution is 2.36. The second-order valence-electron chi connectivity index (χ2n) is 4.94. The molecule has 0 unspecified atom stereocenters. The van der Waals surface area contributed by atoms with E-state index in [0.29, 0.717) is 5.56 Å². The molecule has 4 rings (SSSR count). The van der Waals surface area contributed by atoms with Crippen LogP contribution >= 0.6 is 0 Å². The molecule has 0 saturated heterocycles. The van der Waals surface area contributed by atoms with Crippen molar-refractivity contribution < 1.29 is 4.42 Å². The minimum absolute atomic E-state index is 0.670. The van der Waals surface area contributed by atoms with E-state index in [4.69, 9.17) is 4.42 Å². The normalized spacial score (nSPS) is 10.8. The van der Waals surface area contributed by atoms with Crippen molar-refractivity contribution in [3.05, 3.63) is 72.3 Å². The SMILES string of the molecule is N#Cc1c(-c2ccccc2)ccc2oc3ccccc3c12. The Balaban J connectivity index is 2.15. The van der Waals surface area contributed by atoms with Gasteiger partial charge in [0, 0.05) is 16.3 Å². The first-order chi connectivity index (χ1) is 10.4. The summed E-state index contributed by atoms with van der Waals surface area (Å²) in [5, 5.41) is 11.5. The zero-order chi connectivity index (χ0) is 14.2. The molecule has 2 nitrogen and oxygen atoms in total. The predicted molar refractivity (Wildman–Crippen MR) is 83.9 cm³/mol. The lowest BCUT2D eigenvalue weighted by Crippen LogP contribution is -1.85. The van der Waals surface area contributed by atoms with Crippen molar-refractivity contribution >= 4 is 21.9 Å². The summed E-state index contributed by atoms with van der Waals surface area (Å²) in [7, 11) is 0. The van der Waals surface area contributed by atoms with Gasteiger partial charge in [-0.3, -0.25) is 0 Å². The number of rotatable bonds is 1. The molecule has 0 saturated carbocycles. The Bertz CT molecular complexity index is 991. The van der Waals surface area contributed by atoms with Gasteiger partial charge in [0.2, 0.25) is 0 Å². The van der Waals surface area contributed by atoms with Crippen LogP contribution in [0.5, 0.6) is 0 Å². The Hall–Kier alpha value is -3.05. The standard InChI is InChI=1S/C19H11NO/c20-12-16-14(13-6-2-1-3-7-13)10-11-18-19(16)15-8-4-5-9-17(15)21-18/h1-11H. The molecule has 0 aliphatic carbocycles. The number of furan rings is 1. The topological polar surface area (TPSA) is 36.9 Å². The molecule has 0 radical (unpaired) electrons. The van der Waals surface area contributed by atoms with Crippen molar-refractivity contribution in [2.75, 3.05) is 0 Å². The van der Waals surface area contributed by atoms with Gasteiger partial charge in [0.05, 0.1) is 5.56 Å². The fourth-order valence-corrected chi connectivity index (χ4v) is 2.79. The fraction of sp³-hybridized carbons (Fsp3) is 0. The van der Waals surface area contributed by atoms with E-state index in [2.05, 4.69) is 6.07 Å². The van der Waals surface area contributed by atoms with Gasteiger partial charge in [0.15, 0.2) is 0 Å². The van der Waals surface area contributed by atoms with Gasteiger partial charge in [0.1, 0.15) is 17.2 Å². The van der Waals surface area contributed by atoms with Crippen molar-refractivity contribution in [3.63, 3.8) is 0 Å². The number of fused-ring (bicyclic) bond motifs is 3. The number of benzene rings is 3. The van der Waals surface area contributed by atoms with Crippen molar-refractivity contribution in [2.45, 2.75) is 0 Å². The van der Waals surface area contributed by atoms with E-state index in [9.17, 15) is 5.26 Å². The van der Waals surface area contributed by atoms with Crippen LogP contribution in [0.1, 0.15) is 5.56 Å². The Morgan fingerprint density at radius 1 is 0.762 bits per heavy atom. The van der Waals surface area contributed by atoms with Crippen molar-refractivity contribution in [3.8, 4) is 17.2 Å². The highest BCUT2D eigenvalue weighted by molar-refractivity contribution is 6.10. The van der Waals surface area contributed by atoms with E-state index in [1.807, 2.05) is 66.7 Å². The van der Waals surface area contributed by atoms with Gasteiger partial charge in [-0.05, 0) is 23.8 Å². The molecule has 0 amide bonds. The summed E-state index contributed by atoms with van der Waals surface area (Å²) in [6, 6.07) is 24.1. The Kier molecular flexibility index (Phi) is 2.52. The maximum absolute atomic E-state index is 9.66. The summed E-state index contributed by atoms with van der Waals surface area (Å²) in [6.45, 7) is 0. The van der Waals surface area contributed by atoms with Gasteiger partial charge in [-0.25, -0.2) is 0 Å². The summed E-state index contributed by atoms with van der Waals surface area (Å²) < 4.78 is 5.83. The van der Waals surface area contributed by atoms with Crippen LogP contribution in [0.25, 0.3) is 33.1 Å². The minimum atomic E-state index is 0.670. The van der Waals surface area contributed by atoms with Crippen LogP contribution in [-0.4, -0.2) is 0 Å². The van der Waals surface area contributed by atoms with Crippen molar-refractivity contribution in [1.29, 1.82) is 5.26 Å². The lowest BCUT2D eigenvalue weighted by Gasteiger charge is -2.05. The van der Waals surface area contributed by atoms with Crippen molar-refractivity contribution in [1.82, 2.24) is 0 Å². The monoisotopic (exact) mass is 269 g/mol. The molecule has 21 heavy (non-hydrogen) atoms. The summed E-state index contributed by atoms with van der Waals surface area (Å²) in [4.78, 5) is 0. The maximum Gasteiger partial charge on any atom is 0.136 e. The molecule has 0 bridgehead atoms. The van der Waals surface area contributed by atoms with E-state index >= 15 is 0 Å². The predicted octanol–water partition coefficient (Wildman–Crippen LogP) is 5.12. The number of hydrogen-bond acceptors (Lipinski definition) is 2. The Morgan fingerprint density at radius 2 is 1.52 bits per heavy atom. The summed E-state index contributed by atoms with van der Waals surface area (Å²) in [5.41, 5.74) is 4.23. The summed E-state index contributed by atoms with van der Waals surface area (Å²) in [5.74, 6) is 0. The third-order valence-corrected chi connectivity index (χ3v) is 3.74. The Labute approximate surface area is 121 Å². The first-order valence-electron chi connectivity index (χ1n) is 6.78. The van der Waals surface area contributed by atoms with Gasteiger partial charge >= 0.3 is 0 Å². The molecule has 0 atom stereocenters. The lowest BCUT2D eigenvalue weighted by molar-refractivity contribution is 0.669. The van der Waals surface area contributed by atoms with Crippen LogP contribution in [0.2, 0.25) is 0 Å².